The number of hydrogen-bond acceptors (Lipinski definition) is 5. The number of nitrogen functional groups attached to an aromatic ring is 1. The van der Waals surface area contributed by atoms with Gasteiger partial charge in [0.1, 0.15) is 11.2 Å². The highest BCUT2D eigenvalue weighted by Gasteiger charge is 2.11. The highest BCUT2D eigenvalue weighted by atomic mass is 32.1. The summed E-state index contributed by atoms with van der Waals surface area (Å²) < 4.78 is 0. The molecule has 0 saturated heterocycles. The summed E-state index contributed by atoms with van der Waals surface area (Å²) in [4.78, 5) is 10.7. The van der Waals surface area contributed by atoms with E-state index in [1.807, 2.05) is 0 Å². The van der Waals surface area contributed by atoms with Crippen molar-refractivity contribution < 1.29 is 0 Å². The molecule has 2 heterocycles. The van der Waals surface area contributed by atoms with Crippen LogP contribution in [0, 0.1) is 0 Å². The van der Waals surface area contributed by atoms with Crippen LogP contribution in [-0.2, 0) is 0 Å². The standard InChI is InChI=1S/C10H14N4S/c1-3-6(2)8-4-7-9(14-11)12-5-13-10(7)15-8/h4-6H,3,11H2,1-2H3,(H,12,13,14). The smallest absolute Gasteiger partial charge is 0.152 e. The van der Waals surface area contributed by atoms with E-state index in [1.54, 1.807) is 11.3 Å². The monoisotopic (exact) mass is 222 g/mol. The maximum absolute atomic E-state index is 5.40. The molecule has 0 saturated carbocycles. The molecule has 1 atom stereocenters. The zero-order chi connectivity index (χ0) is 10.8. The van der Waals surface area contributed by atoms with Gasteiger partial charge in [0.05, 0.1) is 5.39 Å². The lowest BCUT2D eigenvalue weighted by molar-refractivity contribution is 0.748. The lowest BCUT2D eigenvalue weighted by atomic mass is 10.1. The molecule has 0 aliphatic rings. The number of nitrogens with one attached hydrogen (secondary N) is 1. The van der Waals surface area contributed by atoms with Gasteiger partial charge in [0, 0.05) is 4.88 Å². The largest absolute Gasteiger partial charge is 0.308 e. The van der Waals surface area contributed by atoms with Crippen LogP contribution in [0.5, 0.6) is 0 Å². The Labute approximate surface area is 92.5 Å². The summed E-state index contributed by atoms with van der Waals surface area (Å²) in [5.41, 5.74) is 2.60. The highest BCUT2D eigenvalue weighted by molar-refractivity contribution is 7.18. The Morgan fingerprint density at radius 2 is 2.33 bits per heavy atom. The molecule has 1 unspecified atom stereocenters. The van der Waals surface area contributed by atoms with Crippen molar-refractivity contribution in [1.82, 2.24) is 9.97 Å². The Kier molecular flexibility index (Phi) is 2.83. The van der Waals surface area contributed by atoms with Gasteiger partial charge in [0.2, 0.25) is 0 Å². The molecule has 0 aromatic carbocycles. The molecule has 0 spiro atoms. The molecular formula is C10H14N4S. The van der Waals surface area contributed by atoms with E-state index in [-0.39, 0.29) is 0 Å². The molecule has 3 N–H and O–H groups in total. The number of fused-ring (bicyclic) bond motifs is 1. The van der Waals surface area contributed by atoms with Crippen molar-refractivity contribution in [3.05, 3.63) is 17.3 Å². The number of hydrazine groups is 1. The average Bonchev–Trinajstić information content (AvgIpc) is 2.71. The lowest BCUT2D eigenvalue weighted by Crippen LogP contribution is -2.08. The number of anilines is 1. The first-order valence-electron chi connectivity index (χ1n) is 4.97. The van der Waals surface area contributed by atoms with Gasteiger partial charge in [0.25, 0.3) is 0 Å². The van der Waals surface area contributed by atoms with Crippen LogP contribution < -0.4 is 11.3 Å². The molecule has 0 aliphatic heterocycles. The van der Waals surface area contributed by atoms with Gasteiger partial charge >= 0.3 is 0 Å². The number of rotatable bonds is 3. The Hall–Kier alpha value is -1.20. The van der Waals surface area contributed by atoms with Crippen LogP contribution in [0.25, 0.3) is 10.2 Å². The van der Waals surface area contributed by atoms with Crippen LogP contribution in [0.2, 0.25) is 0 Å². The third-order valence-electron chi connectivity index (χ3n) is 2.58. The van der Waals surface area contributed by atoms with E-state index in [4.69, 9.17) is 5.84 Å². The Morgan fingerprint density at radius 1 is 1.53 bits per heavy atom. The lowest BCUT2D eigenvalue weighted by Gasteiger charge is -2.02. The first-order chi connectivity index (χ1) is 7.26. The third kappa shape index (κ3) is 1.80. The maximum atomic E-state index is 5.40. The summed E-state index contributed by atoms with van der Waals surface area (Å²) in [5, 5.41) is 1.01. The van der Waals surface area contributed by atoms with Crippen molar-refractivity contribution in [1.29, 1.82) is 0 Å². The molecule has 15 heavy (non-hydrogen) atoms. The molecule has 0 fully saturated rings. The number of hydrogen-bond donors (Lipinski definition) is 2. The molecule has 80 valence electrons. The highest BCUT2D eigenvalue weighted by Crippen LogP contribution is 2.33. The average molecular weight is 222 g/mol. The van der Waals surface area contributed by atoms with Crippen LogP contribution in [0.1, 0.15) is 31.1 Å². The number of aromatic nitrogens is 2. The van der Waals surface area contributed by atoms with Gasteiger partial charge < -0.3 is 5.43 Å². The summed E-state index contributed by atoms with van der Waals surface area (Å²) in [6.07, 6.45) is 2.67. The second kappa shape index (κ2) is 4.12. The maximum Gasteiger partial charge on any atom is 0.152 e. The summed E-state index contributed by atoms with van der Waals surface area (Å²) in [6.45, 7) is 4.40. The van der Waals surface area contributed by atoms with E-state index in [0.29, 0.717) is 11.7 Å². The SMILES string of the molecule is CCC(C)c1cc2c(NN)ncnc2s1. The summed E-state index contributed by atoms with van der Waals surface area (Å²) in [7, 11) is 0. The first-order valence-corrected chi connectivity index (χ1v) is 5.79. The predicted molar refractivity (Wildman–Crippen MR) is 63.9 cm³/mol. The fraction of sp³-hybridized carbons (Fsp3) is 0.400. The van der Waals surface area contributed by atoms with Crippen LogP contribution in [-0.4, -0.2) is 9.97 Å². The first kappa shape index (κ1) is 10.3. The zero-order valence-corrected chi connectivity index (χ0v) is 9.64. The van der Waals surface area contributed by atoms with Gasteiger partial charge in [-0.25, -0.2) is 15.8 Å². The van der Waals surface area contributed by atoms with E-state index in [2.05, 4.69) is 35.3 Å². The minimum absolute atomic E-state index is 0.565. The molecule has 0 bridgehead atoms. The number of thiophene rings is 1. The molecule has 5 heteroatoms. The van der Waals surface area contributed by atoms with Crippen LogP contribution in [0.15, 0.2) is 12.4 Å². The molecule has 2 aromatic rings. The van der Waals surface area contributed by atoms with Crippen molar-refractivity contribution in [2.45, 2.75) is 26.2 Å². The molecule has 0 radical (unpaired) electrons. The van der Waals surface area contributed by atoms with Gasteiger partial charge in [-0.05, 0) is 18.4 Å². The number of nitrogens with two attached hydrogens (primary N) is 1. The Balaban J connectivity index is 2.55. The van der Waals surface area contributed by atoms with Gasteiger partial charge in [-0.1, -0.05) is 13.8 Å². The zero-order valence-electron chi connectivity index (χ0n) is 8.82. The second-order valence-electron chi connectivity index (χ2n) is 3.54. The molecule has 0 amide bonds. The minimum Gasteiger partial charge on any atom is -0.308 e. The van der Waals surface area contributed by atoms with E-state index in [9.17, 15) is 0 Å². The van der Waals surface area contributed by atoms with Gasteiger partial charge in [-0.3, -0.25) is 0 Å². The van der Waals surface area contributed by atoms with Crippen LogP contribution >= 0.6 is 11.3 Å². The second-order valence-corrected chi connectivity index (χ2v) is 4.61. The van der Waals surface area contributed by atoms with Gasteiger partial charge in [-0.2, -0.15) is 0 Å². The minimum atomic E-state index is 0.565. The summed E-state index contributed by atoms with van der Waals surface area (Å²) in [6, 6.07) is 2.13. The van der Waals surface area contributed by atoms with E-state index in [1.165, 1.54) is 11.2 Å². The van der Waals surface area contributed by atoms with Crippen LogP contribution in [0.4, 0.5) is 5.82 Å². The molecule has 0 aliphatic carbocycles. The molecule has 4 nitrogen and oxygen atoms in total. The van der Waals surface area contributed by atoms with E-state index < -0.39 is 0 Å². The topological polar surface area (TPSA) is 63.8 Å². The number of nitrogens with zero attached hydrogens (tertiary/aromatic N) is 2. The van der Waals surface area contributed by atoms with Crippen molar-refractivity contribution >= 4 is 27.4 Å². The Morgan fingerprint density at radius 3 is 3.00 bits per heavy atom. The van der Waals surface area contributed by atoms with Crippen molar-refractivity contribution in [2.24, 2.45) is 5.84 Å². The van der Waals surface area contributed by atoms with E-state index in [0.717, 1.165) is 16.6 Å². The summed E-state index contributed by atoms with van der Waals surface area (Å²) >= 11 is 1.71. The molecule has 2 rings (SSSR count). The molecule has 2 aromatic heterocycles. The van der Waals surface area contributed by atoms with E-state index >= 15 is 0 Å². The van der Waals surface area contributed by atoms with Crippen LogP contribution in [0.3, 0.4) is 0 Å². The van der Waals surface area contributed by atoms with Crippen molar-refractivity contribution in [3.8, 4) is 0 Å². The van der Waals surface area contributed by atoms with Gasteiger partial charge in [-0.15, -0.1) is 11.3 Å². The normalized spacial score (nSPS) is 13.0. The fourth-order valence-corrected chi connectivity index (χ4v) is 2.57. The van der Waals surface area contributed by atoms with Crippen molar-refractivity contribution in [3.63, 3.8) is 0 Å². The Bertz CT molecular complexity index is 465. The molecular weight excluding hydrogens is 208 g/mol. The summed E-state index contributed by atoms with van der Waals surface area (Å²) in [5.74, 6) is 6.66. The van der Waals surface area contributed by atoms with Gasteiger partial charge in [0.15, 0.2) is 5.82 Å². The predicted octanol–water partition coefficient (Wildman–Crippen LogP) is 2.49. The quantitative estimate of drug-likeness (QED) is 0.618. The fourth-order valence-electron chi connectivity index (χ4n) is 1.43. The van der Waals surface area contributed by atoms with Crippen molar-refractivity contribution in [2.75, 3.05) is 5.43 Å². The third-order valence-corrected chi connectivity index (χ3v) is 3.86.